The normalized spacial score (nSPS) is 10.6. The van der Waals surface area contributed by atoms with Crippen molar-refractivity contribution in [3.63, 3.8) is 0 Å². The molecule has 22 heavy (non-hydrogen) atoms. The molecule has 1 heterocycles. The zero-order valence-corrected chi connectivity index (χ0v) is 11.8. The van der Waals surface area contributed by atoms with Gasteiger partial charge in [-0.25, -0.2) is 4.79 Å². The van der Waals surface area contributed by atoms with Crippen molar-refractivity contribution in [2.24, 2.45) is 0 Å². The Hall–Kier alpha value is -2.93. The first kappa shape index (κ1) is 14.0. The van der Waals surface area contributed by atoms with Gasteiger partial charge in [0.1, 0.15) is 0 Å². The number of amides is 1. The van der Waals surface area contributed by atoms with Crippen LogP contribution in [-0.4, -0.2) is 20.7 Å². The van der Waals surface area contributed by atoms with Crippen molar-refractivity contribution in [1.29, 1.82) is 0 Å². The number of nitrogens with one attached hydrogen (secondary N) is 1. The fourth-order valence-electron chi connectivity index (χ4n) is 1.99. The number of aromatic nitrogens is 2. The van der Waals surface area contributed by atoms with Crippen molar-refractivity contribution < 1.29 is 9.72 Å². The minimum atomic E-state index is -0.520. The number of fused-ring (bicyclic) bond motifs is 1. The molecule has 3 rings (SSSR count). The molecular weight excluding hydrogens is 308 g/mol. The molecule has 0 atom stereocenters. The predicted octanol–water partition coefficient (Wildman–Crippen LogP) is 3.68. The lowest BCUT2D eigenvalue weighted by Gasteiger charge is -2.05. The van der Waals surface area contributed by atoms with E-state index in [0.717, 1.165) is 4.68 Å². The number of benzene rings is 2. The SMILES string of the molecule is O=C(Nc1ccc(Cl)cc1)n1ncc2ccc([N+](=O)[O-])cc21. The Morgan fingerprint density at radius 1 is 1.23 bits per heavy atom. The van der Waals surface area contributed by atoms with Gasteiger partial charge in [-0.1, -0.05) is 11.6 Å². The average molecular weight is 317 g/mol. The van der Waals surface area contributed by atoms with Crippen LogP contribution in [0, 0.1) is 10.1 Å². The molecule has 7 nitrogen and oxygen atoms in total. The molecule has 0 saturated carbocycles. The van der Waals surface area contributed by atoms with Crippen molar-refractivity contribution in [2.75, 3.05) is 5.32 Å². The number of carbonyl (C=O) groups is 1. The van der Waals surface area contributed by atoms with Crippen LogP contribution in [0.5, 0.6) is 0 Å². The summed E-state index contributed by atoms with van der Waals surface area (Å²) in [5.41, 5.74) is 0.803. The first-order chi connectivity index (χ1) is 10.5. The van der Waals surface area contributed by atoms with Crippen LogP contribution in [0.2, 0.25) is 5.02 Å². The van der Waals surface area contributed by atoms with E-state index in [1.807, 2.05) is 0 Å². The van der Waals surface area contributed by atoms with E-state index < -0.39 is 11.0 Å². The number of nitrogens with zero attached hydrogens (tertiary/aromatic N) is 3. The van der Waals surface area contributed by atoms with Gasteiger partial charge in [-0.2, -0.15) is 9.78 Å². The Labute approximate surface area is 129 Å². The Morgan fingerprint density at radius 3 is 2.64 bits per heavy atom. The van der Waals surface area contributed by atoms with E-state index in [1.165, 1.54) is 18.3 Å². The fourth-order valence-corrected chi connectivity index (χ4v) is 2.12. The van der Waals surface area contributed by atoms with E-state index in [1.54, 1.807) is 30.3 Å². The number of rotatable bonds is 2. The van der Waals surface area contributed by atoms with Gasteiger partial charge in [0.2, 0.25) is 0 Å². The third kappa shape index (κ3) is 2.61. The second-order valence-electron chi connectivity index (χ2n) is 4.49. The molecular formula is C14H9ClN4O3. The third-order valence-corrected chi connectivity index (χ3v) is 3.31. The van der Waals surface area contributed by atoms with Gasteiger partial charge in [0.25, 0.3) is 5.69 Å². The first-order valence-corrected chi connectivity index (χ1v) is 6.61. The highest BCUT2D eigenvalue weighted by Gasteiger charge is 2.14. The lowest BCUT2D eigenvalue weighted by Crippen LogP contribution is -2.20. The minimum Gasteiger partial charge on any atom is -0.306 e. The van der Waals surface area contributed by atoms with Crippen molar-refractivity contribution in [2.45, 2.75) is 0 Å². The van der Waals surface area contributed by atoms with Crippen LogP contribution in [-0.2, 0) is 0 Å². The molecule has 0 unspecified atom stereocenters. The van der Waals surface area contributed by atoms with Crippen LogP contribution in [0.4, 0.5) is 16.2 Å². The van der Waals surface area contributed by atoms with Gasteiger partial charge in [0.05, 0.1) is 16.6 Å². The molecule has 1 amide bonds. The van der Waals surface area contributed by atoms with Gasteiger partial charge in [-0.05, 0) is 30.3 Å². The molecule has 0 fully saturated rings. The van der Waals surface area contributed by atoms with Crippen molar-refractivity contribution >= 4 is 39.9 Å². The molecule has 110 valence electrons. The number of hydrogen-bond donors (Lipinski definition) is 1. The maximum absolute atomic E-state index is 12.2. The summed E-state index contributed by atoms with van der Waals surface area (Å²) in [5, 5.41) is 18.6. The van der Waals surface area contributed by atoms with E-state index in [0.29, 0.717) is 21.6 Å². The number of nitro groups is 1. The second kappa shape index (κ2) is 5.45. The summed E-state index contributed by atoms with van der Waals surface area (Å²) in [4.78, 5) is 22.6. The molecule has 1 N–H and O–H groups in total. The highest BCUT2D eigenvalue weighted by molar-refractivity contribution is 6.30. The van der Waals surface area contributed by atoms with Crippen LogP contribution in [0.3, 0.4) is 0 Å². The monoisotopic (exact) mass is 316 g/mol. The number of halogens is 1. The molecule has 3 aromatic rings. The Kier molecular flexibility index (Phi) is 3.48. The van der Waals surface area contributed by atoms with Crippen LogP contribution in [0.1, 0.15) is 0 Å². The lowest BCUT2D eigenvalue weighted by molar-refractivity contribution is -0.384. The molecule has 0 bridgehead atoms. The smallest absolute Gasteiger partial charge is 0.306 e. The Balaban J connectivity index is 1.95. The highest BCUT2D eigenvalue weighted by Crippen LogP contribution is 2.21. The van der Waals surface area contributed by atoms with Gasteiger partial charge in [-0.3, -0.25) is 10.1 Å². The molecule has 0 aliphatic rings. The number of hydrogen-bond acceptors (Lipinski definition) is 4. The number of non-ortho nitro benzene ring substituents is 1. The molecule has 1 aromatic heterocycles. The maximum Gasteiger partial charge on any atom is 0.347 e. The van der Waals surface area contributed by atoms with E-state index in [9.17, 15) is 14.9 Å². The van der Waals surface area contributed by atoms with E-state index in [-0.39, 0.29) is 5.69 Å². The summed E-state index contributed by atoms with van der Waals surface area (Å²) in [6.45, 7) is 0. The van der Waals surface area contributed by atoms with Crippen LogP contribution in [0.15, 0.2) is 48.7 Å². The molecule has 0 aliphatic carbocycles. The minimum absolute atomic E-state index is 0.103. The second-order valence-corrected chi connectivity index (χ2v) is 4.93. The molecule has 0 spiro atoms. The average Bonchev–Trinajstić information content (AvgIpc) is 2.92. The molecule has 0 saturated heterocycles. The molecule has 2 aromatic carbocycles. The van der Waals surface area contributed by atoms with E-state index in [2.05, 4.69) is 10.4 Å². The Morgan fingerprint density at radius 2 is 1.95 bits per heavy atom. The van der Waals surface area contributed by atoms with Gasteiger partial charge in [-0.15, -0.1) is 0 Å². The van der Waals surface area contributed by atoms with E-state index in [4.69, 9.17) is 11.6 Å². The van der Waals surface area contributed by atoms with Crippen LogP contribution in [0.25, 0.3) is 10.9 Å². The standard InChI is InChI=1S/C14H9ClN4O3/c15-10-2-4-11(5-3-10)17-14(20)18-13-7-12(19(21)22)6-1-9(13)8-16-18/h1-8H,(H,17,20). The third-order valence-electron chi connectivity index (χ3n) is 3.05. The first-order valence-electron chi connectivity index (χ1n) is 6.24. The Bertz CT molecular complexity index is 873. The number of anilines is 1. The summed E-state index contributed by atoms with van der Waals surface area (Å²) in [6, 6.07) is 10.3. The quantitative estimate of drug-likeness (QED) is 0.576. The fraction of sp³-hybridized carbons (Fsp3) is 0. The molecule has 8 heteroatoms. The van der Waals surface area contributed by atoms with Crippen LogP contribution >= 0.6 is 11.6 Å². The zero-order valence-electron chi connectivity index (χ0n) is 11.1. The summed E-state index contributed by atoms with van der Waals surface area (Å²) < 4.78 is 1.08. The summed E-state index contributed by atoms with van der Waals surface area (Å²) in [7, 11) is 0. The van der Waals surface area contributed by atoms with E-state index >= 15 is 0 Å². The predicted molar refractivity (Wildman–Crippen MR) is 82.3 cm³/mol. The van der Waals surface area contributed by atoms with Crippen LogP contribution < -0.4 is 5.32 Å². The van der Waals surface area contributed by atoms with Crippen molar-refractivity contribution in [1.82, 2.24) is 9.78 Å². The summed E-state index contributed by atoms with van der Waals surface area (Å²) in [6.07, 6.45) is 1.47. The maximum atomic E-state index is 12.2. The topological polar surface area (TPSA) is 90.1 Å². The van der Waals surface area contributed by atoms with Crippen molar-refractivity contribution in [3.05, 3.63) is 63.8 Å². The lowest BCUT2D eigenvalue weighted by atomic mass is 10.2. The van der Waals surface area contributed by atoms with Gasteiger partial charge in [0, 0.05) is 28.2 Å². The van der Waals surface area contributed by atoms with Crippen molar-refractivity contribution in [3.8, 4) is 0 Å². The molecule has 0 aliphatic heterocycles. The zero-order chi connectivity index (χ0) is 15.7. The largest absolute Gasteiger partial charge is 0.347 e. The number of nitro benzene ring substituents is 1. The van der Waals surface area contributed by atoms with Gasteiger partial charge >= 0.3 is 6.03 Å². The number of carbonyl (C=O) groups excluding carboxylic acids is 1. The van der Waals surface area contributed by atoms with Gasteiger partial charge in [0.15, 0.2) is 0 Å². The summed E-state index contributed by atoms with van der Waals surface area (Å²) in [5.74, 6) is 0. The van der Waals surface area contributed by atoms with Gasteiger partial charge < -0.3 is 5.32 Å². The summed E-state index contributed by atoms with van der Waals surface area (Å²) >= 11 is 5.78. The molecule has 0 radical (unpaired) electrons. The highest BCUT2D eigenvalue weighted by atomic mass is 35.5.